The van der Waals surface area contributed by atoms with Crippen LogP contribution in [-0.4, -0.2) is 47.4 Å². The lowest BCUT2D eigenvalue weighted by atomic mass is 9.98. The summed E-state index contributed by atoms with van der Waals surface area (Å²) < 4.78 is 44.1. The number of nitrogens with one attached hydrogen (secondary N) is 2. The monoisotopic (exact) mass is 399 g/mol. The van der Waals surface area contributed by atoms with Gasteiger partial charge in [-0.15, -0.1) is 0 Å². The molecule has 1 aromatic rings. The number of amides is 4. The van der Waals surface area contributed by atoms with Crippen molar-refractivity contribution in [1.29, 1.82) is 0 Å². The van der Waals surface area contributed by atoms with E-state index in [9.17, 15) is 32.3 Å². The molecule has 0 aromatic heterocycles. The van der Waals surface area contributed by atoms with Crippen LogP contribution in [0.25, 0.3) is 0 Å². The molecule has 1 aromatic carbocycles. The highest BCUT2D eigenvalue weighted by molar-refractivity contribution is 6.09. The van der Waals surface area contributed by atoms with Gasteiger partial charge in [-0.3, -0.25) is 19.3 Å². The fraction of sp³-hybridized carbons (Fsp3) is 0.412. The highest BCUT2D eigenvalue weighted by atomic mass is 19.2. The Hall–Kier alpha value is -3.11. The Labute approximate surface area is 157 Å². The predicted octanol–water partition coefficient (Wildman–Crippen LogP) is 1.45. The van der Waals surface area contributed by atoms with Gasteiger partial charge in [0, 0.05) is 0 Å². The van der Waals surface area contributed by atoms with Crippen LogP contribution in [0.15, 0.2) is 12.1 Å². The van der Waals surface area contributed by atoms with E-state index in [4.69, 9.17) is 0 Å². The van der Waals surface area contributed by atoms with E-state index in [-0.39, 0.29) is 0 Å². The highest BCUT2D eigenvalue weighted by Gasteiger charge is 2.52. The van der Waals surface area contributed by atoms with E-state index < -0.39 is 65.6 Å². The van der Waals surface area contributed by atoms with Crippen molar-refractivity contribution in [3.63, 3.8) is 0 Å². The smallest absolute Gasteiger partial charge is 0.326 e. The molecule has 8 nitrogen and oxygen atoms in total. The Kier molecular flexibility index (Phi) is 5.25. The van der Waals surface area contributed by atoms with E-state index in [1.165, 1.54) is 0 Å². The molecule has 1 saturated heterocycles. The van der Waals surface area contributed by atoms with Crippen molar-refractivity contribution in [2.75, 3.05) is 18.5 Å². The number of imide groups is 1. The number of hydrogen-bond donors (Lipinski definition) is 2. The highest BCUT2D eigenvalue weighted by Crippen LogP contribution is 2.34. The molecular formula is C17H16F3N3O5. The first-order valence-electron chi connectivity index (χ1n) is 8.46. The van der Waals surface area contributed by atoms with Gasteiger partial charge in [0.1, 0.15) is 12.1 Å². The Morgan fingerprint density at radius 1 is 1.14 bits per heavy atom. The zero-order valence-electron chi connectivity index (χ0n) is 14.5. The van der Waals surface area contributed by atoms with Crippen molar-refractivity contribution in [2.24, 2.45) is 0 Å². The first-order chi connectivity index (χ1) is 13.2. The average Bonchev–Trinajstić information content (AvgIpc) is 3.21. The number of halogens is 3. The maximum absolute atomic E-state index is 13.5. The van der Waals surface area contributed by atoms with Gasteiger partial charge < -0.3 is 15.4 Å². The van der Waals surface area contributed by atoms with Gasteiger partial charge in [0.05, 0.1) is 5.69 Å². The van der Waals surface area contributed by atoms with Gasteiger partial charge >= 0.3 is 12.0 Å². The largest absolute Gasteiger partial charge is 0.454 e. The SMILES string of the molecule is O=C(COC(=O)CN1C(=O)NC2(CCCC2)C1=O)Nc1ccc(F)c(F)c1F. The number of benzene rings is 1. The predicted molar refractivity (Wildman–Crippen MR) is 87.3 cm³/mol. The number of esters is 1. The van der Waals surface area contributed by atoms with Gasteiger partial charge in [-0.1, -0.05) is 12.8 Å². The maximum Gasteiger partial charge on any atom is 0.326 e. The normalized spacial score (nSPS) is 17.8. The van der Waals surface area contributed by atoms with Gasteiger partial charge in [-0.25, -0.2) is 18.0 Å². The molecule has 3 rings (SSSR count). The molecule has 1 aliphatic heterocycles. The number of anilines is 1. The van der Waals surface area contributed by atoms with Crippen molar-refractivity contribution in [2.45, 2.75) is 31.2 Å². The molecule has 1 saturated carbocycles. The van der Waals surface area contributed by atoms with Crippen LogP contribution in [0.2, 0.25) is 0 Å². The minimum absolute atomic E-state index is 0.491. The molecule has 1 spiro atoms. The number of rotatable bonds is 5. The van der Waals surface area contributed by atoms with Crippen molar-refractivity contribution < 1.29 is 37.1 Å². The quantitative estimate of drug-likeness (QED) is 0.443. The zero-order chi connectivity index (χ0) is 20.5. The van der Waals surface area contributed by atoms with Crippen molar-refractivity contribution in [1.82, 2.24) is 10.2 Å². The lowest BCUT2D eigenvalue weighted by molar-refractivity contribution is -0.150. The number of carbonyl (C=O) groups is 4. The van der Waals surface area contributed by atoms with Gasteiger partial charge in [0.25, 0.3) is 11.8 Å². The second kappa shape index (κ2) is 7.49. The summed E-state index contributed by atoms with van der Waals surface area (Å²) in [4.78, 5) is 48.6. The molecule has 1 aliphatic carbocycles. The van der Waals surface area contributed by atoms with Crippen LogP contribution >= 0.6 is 0 Å². The van der Waals surface area contributed by atoms with Crippen LogP contribution in [0, 0.1) is 17.5 Å². The molecule has 150 valence electrons. The fourth-order valence-corrected chi connectivity index (χ4v) is 3.27. The number of ether oxygens (including phenoxy) is 1. The third-order valence-electron chi connectivity index (χ3n) is 4.66. The number of hydrogen-bond acceptors (Lipinski definition) is 5. The van der Waals surface area contributed by atoms with Crippen LogP contribution in [0.1, 0.15) is 25.7 Å². The fourth-order valence-electron chi connectivity index (χ4n) is 3.27. The summed E-state index contributed by atoms with van der Waals surface area (Å²) in [6, 6.07) is 0.718. The van der Waals surface area contributed by atoms with E-state index in [0.717, 1.165) is 23.8 Å². The van der Waals surface area contributed by atoms with Crippen molar-refractivity contribution >= 4 is 29.5 Å². The standard InChI is InChI=1S/C17H16F3N3O5/c18-9-3-4-10(14(20)13(9)19)21-11(24)8-28-12(25)7-23-15(26)17(22-16(23)27)5-1-2-6-17/h3-4H,1-2,5-8H2,(H,21,24)(H,22,27). The minimum Gasteiger partial charge on any atom is -0.454 e. The minimum atomic E-state index is -1.76. The lowest BCUT2D eigenvalue weighted by Crippen LogP contribution is -2.44. The first-order valence-corrected chi connectivity index (χ1v) is 8.46. The molecule has 2 aliphatic rings. The molecule has 0 unspecified atom stereocenters. The Morgan fingerprint density at radius 2 is 1.82 bits per heavy atom. The third-order valence-corrected chi connectivity index (χ3v) is 4.66. The molecule has 2 N–H and O–H groups in total. The molecule has 0 bridgehead atoms. The topological polar surface area (TPSA) is 105 Å². The summed E-state index contributed by atoms with van der Waals surface area (Å²) in [5.74, 6) is -7.33. The second-order valence-electron chi connectivity index (χ2n) is 6.54. The lowest BCUT2D eigenvalue weighted by Gasteiger charge is -2.19. The van der Waals surface area contributed by atoms with E-state index >= 15 is 0 Å². The van der Waals surface area contributed by atoms with Gasteiger partial charge in [0.15, 0.2) is 24.1 Å². The van der Waals surface area contributed by atoms with Crippen LogP contribution in [0.5, 0.6) is 0 Å². The third kappa shape index (κ3) is 3.64. The second-order valence-corrected chi connectivity index (χ2v) is 6.54. The van der Waals surface area contributed by atoms with E-state index in [2.05, 4.69) is 10.1 Å². The van der Waals surface area contributed by atoms with Gasteiger partial charge in [0.2, 0.25) is 0 Å². The summed E-state index contributed by atoms with van der Waals surface area (Å²) in [5, 5.41) is 4.52. The molecule has 28 heavy (non-hydrogen) atoms. The Balaban J connectivity index is 1.52. The van der Waals surface area contributed by atoms with E-state index in [1.807, 2.05) is 5.32 Å². The molecule has 0 radical (unpaired) electrons. The summed E-state index contributed by atoms with van der Waals surface area (Å²) in [6.45, 7) is -1.55. The van der Waals surface area contributed by atoms with Crippen LogP contribution < -0.4 is 10.6 Å². The maximum atomic E-state index is 13.5. The molecule has 11 heteroatoms. The first kappa shape index (κ1) is 19.6. The Bertz CT molecular complexity index is 855. The van der Waals surface area contributed by atoms with Gasteiger partial charge in [-0.2, -0.15) is 0 Å². The van der Waals surface area contributed by atoms with Crippen molar-refractivity contribution in [3.8, 4) is 0 Å². The van der Waals surface area contributed by atoms with Crippen LogP contribution in [0.3, 0.4) is 0 Å². The Morgan fingerprint density at radius 3 is 2.50 bits per heavy atom. The number of nitrogens with zero attached hydrogens (tertiary/aromatic N) is 1. The van der Waals surface area contributed by atoms with E-state index in [1.54, 1.807) is 0 Å². The van der Waals surface area contributed by atoms with Crippen LogP contribution in [-0.2, 0) is 19.1 Å². The zero-order valence-corrected chi connectivity index (χ0v) is 14.5. The summed E-state index contributed by atoms with van der Waals surface area (Å²) in [6.07, 6.45) is 2.55. The summed E-state index contributed by atoms with van der Waals surface area (Å²) in [7, 11) is 0. The number of carbonyl (C=O) groups excluding carboxylic acids is 4. The molecular weight excluding hydrogens is 383 g/mol. The van der Waals surface area contributed by atoms with Gasteiger partial charge in [-0.05, 0) is 25.0 Å². The molecule has 4 amide bonds. The number of urea groups is 1. The van der Waals surface area contributed by atoms with Crippen LogP contribution in [0.4, 0.5) is 23.7 Å². The van der Waals surface area contributed by atoms with E-state index in [0.29, 0.717) is 18.9 Å². The molecule has 0 atom stereocenters. The molecule has 1 heterocycles. The summed E-state index contributed by atoms with van der Waals surface area (Å²) >= 11 is 0. The summed E-state index contributed by atoms with van der Waals surface area (Å²) in [5.41, 5.74) is -1.60. The van der Waals surface area contributed by atoms with Crippen molar-refractivity contribution in [3.05, 3.63) is 29.6 Å². The molecule has 2 fully saturated rings. The average molecular weight is 399 g/mol.